The molecule has 2 aliphatic rings. The minimum atomic E-state index is -0.0202. The van der Waals surface area contributed by atoms with Gasteiger partial charge in [0.25, 0.3) is 11.8 Å². The highest BCUT2D eigenvalue weighted by Gasteiger charge is 2.30. The lowest BCUT2D eigenvalue weighted by Gasteiger charge is -2.31. The highest BCUT2D eigenvalue weighted by Crippen LogP contribution is 2.33. The molecule has 37 heavy (non-hydrogen) atoms. The SMILES string of the molecule is Cc1c(C(=O)N2CCC(c3nc(C(=O)N4CCCc5ccccc54)cs3)CC2)cnn1-c1ccccc1. The van der Waals surface area contributed by atoms with Crippen molar-refractivity contribution in [1.29, 1.82) is 0 Å². The molecule has 2 amide bonds. The van der Waals surface area contributed by atoms with Crippen LogP contribution in [0.2, 0.25) is 0 Å². The van der Waals surface area contributed by atoms with Gasteiger partial charge in [-0.1, -0.05) is 36.4 Å². The number of aryl methyl sites for hydroxylation is 1. The van der Waals surface area contributed by atoms with Crippen molar-refractivity contribution in [3.8, 4) is 5.69 Å². The van der Waals surface area contributed by atoms with Gasteiger partial charge in [0, 0.05) is 36.6 Å². The third-order valence-corrected chi connectivity index (χ3v) is 8.48. The lowest BCUT2D eigenvalue weighted by Crippen LogP contribution is -2.38. The Balaban J connectivity index is 1.11. The molecular formula is C29H29N5O2S. The van der Waals surface area contributed by atoms with Crippen LogP contribution in [-0.4, -0.2) is 51.1 Å². The number of hydrogen-bond acceptors (Lipinski definition) is 5. The summed E-state index contributed by atoms with van der Waals surface area (Å²) in [7, 11) is 0. The van der Waals surface area contributed by atoms with Gasteiger partial charge in [-0.2, -0.15) is 5.10 Å². The minimum absolute atomic E-state index is 0.0202. The zero-order valence-corrected chi connectivity index (χ0v) is 21.7. The quantitative estimate of drug-likeness (QED) is 0.375. The fourth-order valence-electron chi connectivity index (χ4n) is 5.41. The normalized spacial score (nSPS) is 16.0. The number of carbonyl (C=O) groups is 2. The van der Waals surface area contributed by atoms with E-state index in [2.05, 4.69) is 11.2 Å². The predicted octanol–water partition coefficient (Wildman–Crippen LogP) is 5.25. The molecule has 0 saturated carbocycles. The molecule has 7 nitrogen and oxygen atoms in total. The van der Waals surface area contributed by atoms with Crippen LogP contribution in [0.15, 0.2) is 66.2 Å². The van der Waals surface area contributed by atoms with Crippen molar-refractivity contribution in [3.05, 3.63) is 93.7 Å². The highest BCUT2D eigenvalue weighted by atomic mass is 32.1. The standard InChI is InChI=1S/C29H29N5O2S/c1-20-24(18-30-34(20)23-10-3-2-4-11-23)28(35)32-16-13-22(14-17-32)27-31-25(19-37-27)29(36)33-15-7-9-21-8-5-6-12-26(21)33/h2-6,8,10-12,18-19,22H,7,9,13-17H2,1H3. The van der Waals surface area contributed by atoms with Gasteiger partial charge in [0.2, 0.25) is 0 Å². The maximum absolute atomic E-state index is 13.3. The number of hydrogen-bond donors (Lipinski definition) is 0. The maximum Gasteiger partial charge on any atom is 0.277 e. The summed E-state index contributed by atoms with van der Waals surface area (Å²) in [4.78, 5) is 35.1. The average molecular weight is 512 g/mol. The zero-order valence-electron chi connectivity index (χ0n) is 20.8. The van der Waals surface area contributed by atoms with Crippen molar-refractivity contribution < 1.29 is 9.59 Å². The number of para-hydroxylation sites is 2. The van der Waals surface area contributed by atoms with E-state index in [1.54, 1.807) is 17.5 Å². The fourth-order valence-corrected chi connectivity index (χ4v) is 6.37. The topological polar surface area (TPSA) is 71.3 Å². The van der Waals surface area contributed by atoms with Gasteiger partial charge in [-0.05, 0) is 56.4 Å². The molecule has 6 rings (SSSR count). The second-order valence-electron chi connectivity index (χ2n) is 9.72. The van der Waals surface area contributed by atoms with Gasteiger partial charge in [0.15, 0.2) is 0 Å². The number of likely N-dealkylation sites (tertiary alicyclic amines) is 1. The summed E-state index contributed by atoms with van der Waals surface area (Å²) in [6.07, 6.45) is 5.33. The number of piperidine rings is 1. The number of rotatable bonds is 4. The molecule has 2 aromatic heterocycles. The third kappa shape index (κ3) is 4.46. The summed E-state index contributed by atoms with van der Waals surface area (Å²) >= 11 is 1.56. The number of aromatic nitrogens is 3. The van der Waals surface area contributed by atoms with Crippen LogP contribution in [0, 0.1) is 6.92 Å². The van der Waals surface area contributed by atoms with Gasteiger partial charge in [-0.25, -0.2) is 9.67 Å². The Morgan fingerprint density at radius 2 is 1.70 bits per heavy atom. The van der Waals surface area contributed by atoms with Crippen LogP contribution in [-0.2, 0) is 6.42 Å². The molecule has 8 heteroatoms. The summed E-state index contributed by atoms with van der Waals surface area (Å²) < 4.78 is 1.81. The van der Waals surface area contributed by atoms with Crippen LogP contribution >= 0.6 is 11.3 Å². The van der Waals surface area contributed by atoms with E-state index in [4.69, 9.17) is 4.98 Å². The second-order valence-corrected chi connectivity index (χ2v) is 10.6. The van der Waals surface area contributed by atoms with Gasteiger partial charge >= 0.3 is 0 Å². The van der Waals surface area contributed by atoms with E-state index >= 15 is 0 Å². The Morgan fingerprint density at radius 1 is 0.946 bits per heavy atom. The molecule has 188 valence electrons. The van der Waals surface area contributed by atoms with E-state index in [9.17, 15) is 9.59 Å². The Labute approximate surface area is 220 Å². The Hall–Kier alpha value is -3.78. The van der Waals surface area contributed by atoms with Crippen molar-refractivity contribution >= 4 is 28.8 Å². The molecule has 0 N–H and O–H groups in total. The molecule has 0 radical (unpaired) electrons. The second kappa shape index (κ2) is 9.94. The van der Waals surface area contributed by atoms with E-state index in [-0.39, 0.29) is 17.7 Å². The summed E-state index contributed by atoms with van der Waals surface area (Å²) in [6.45, 7) is 4.00. The molecule has 1 saturated heterocycles. The van der Waals surface area contributed by atoms with Crippen LogP contribution in [0.5, 0.6) is 0 Å². The molecule has 0 atom stereocenters. The number of fused-ring (bicyclic) bond motifs is 1. The molecule has 4 aromatic rings. The molecule has 0 aliphatic carbocycles. The maximum atomic E-state index is 13.3. The molecular weight excluding hydrogens is 482 g/mol. The van der Waals surface area contributed by atoms with E-state index in [0.717, 1.165) is 54.3 Å². The molecule has 2 aliphatic heterocycles. The lowest BCUT2D eigenvalue weighted by atomic mass is 9.97. The largest absolute Gasteiger partial charge is 0.338 e. The first-order valence-corrected chi connectivity index (χ1v) is 13.7. The van der Waals surface area contributed by atoms with Crippen LogP contribution in [0.3, 0.4) is 0 Å². The predicted molar refractivity (Wildman–Crippen MR) is 145 cm³/mol. The van der Waals surface area contributed by atoms with Crippen LogP contribution in [0.4, 0.5) is 5.69 Å². The Kier molecular flexibility index (Phi) is 6.34. The van der Waals surface area contributed by atoms with Gasteiger partial charge in [0.05, 0.1) is 28.1 Å². The summed E-state index contributed by atoms with van der Waals surface area (Å²) in [5.41, 5.74) is 5.19. The zero-order chi connectivity index (χ0) is 25.4. The fraction of sp³-hybridized carbons (Fsp3) is 0.310. The van der Waals surface area contributed by atoms with Crippen molar-refractivity contribution in [2.24, 2.45) is 0 Å². The molecule has 1 fully saturated rings. The number of amides is 2. The van der Waals surface area contributed by atoms with Crippen LogP contribution < -0.4 is 4.90 Å². The smallest absolute Gasteiger partial charge is 0.277 e. The Bertz CT molecular complexity index is 1440. The summed E-state index contributed by atoms with van der Waals surface area (Å²) in [6, 6.07) is 18.0. The van der Waals surface area contributed by atoms with Crippen LogP contribution in [0.25, 0.3) is 5.69 Å². The number of carbonyl (C=O) groups excluding carboxylic acids is 2. The molecule has 0 unspecified atom stereocenters. The summed E-state index contributed by atoms with van der Waals surface area (Å²) in [5.74, 6) is 0.266. The monoisotopic (exact) mass is 511 g/mol. The lowest BCUT2D eigenvalue weighted by molar-refractivity contribution is 0.0712. The number of benzene rings is 2. The van der Waals surface area contributed by atoms with Gasteiger partial charge in [-0.3, -0.25) is 9.59 Å². The van der Waals surface area contributed by atoms with E-state index in [0.29, 0.717) is 24.3 Å². The van der Waals surface area contributed by atoms with Crippen molar-refractivity contribution in [1.82, 2.24) is 19.7 Å². The molecule has 0 bridgehead atoms. The average Bonchev–Trinajstić information content (AvgIpc) is 3.60. The third-order valence-electron chi connectivity index (χ3n) is 7.47. The molecule has 4 heterocycles. The highest BCUT2D eigenvalue weighted by molar-refractivity contribution is 7.10. The van der Waals surface area contributed by atoms with E-state index < -0.39 is 0 Å². The molecule has 0 spiro atoms. The number of thiazole rings is 1. The molecule has 2 aromatic carbocycles. The van der Waals surface area contributed by atoms with Crippen molar-refractivity contribution in [3.63, 3.8) is 0 Å². The van der Waals surface area contributed by atoms with E-state index in [1.165, 1.54) is 5.56 Å². The van der Waals surface area contributed by atoms with Crippen LogP contribution in [0.1, 0.15) is 62.3 Å². The number of nitrogens with zero attached hydrogens (tertiary/aromatic N) is 5. The van der Waals surface area contributed by atoms with Gasteiger partial charge in [0.1, 0.15) is 5.69 Å². The number of anilines is 1. The Morgan fingerprint density at radius 3 is 2.51 bits per heavy atom. The van der Waals surface area contributed by atoms with Crippen molar-refractivity contribution in [2.75, 3.05) is 24.5 Å². The minimum Gasteiger partial charge on any atom is -0.338 e. The first kappa shape index (κ1) is 23.6. The van der Waals surface area contributed by atoms with Gasteiger partial charge < -0.3 is 9.80 Å². The summed E-state index contributed by atoms with van der Waals surface area (Å²) in [5, 5.41) is 7.35. The first-order chi connectivity index (χ1) is 18.1. The van der Waals surface area contributed by atoms with E-state index in [1.807, 2.05) is 75.3 Å². The van der Waals surface area contributed by atoms with Crippen molar-refractivity contribution in [2.45, 2.75) is 38.5 Å². The van der Waals surface area contributed by atoms with Gasteiger partial charge in [-0.15, -0.1) is 11.3 Å². The first-order valence-electron chi connectivity index (χ1n) is 12.8.